The molecule has 40 heavy (non-hydrogen) atoms. The highest BCUT2D eigenvalue weighted by Gasteiger charge is 2.55. The van der Waals surface area contributed by atoms with Crippen molar-refractivity contribution in [3.63, 3.8) is 0 Å². The topological polar surface area (TPSA) is 201 Å². The van der Waals surface area contributed by atoms with Crippen molar-refractivity contribution >= 4 is 40.8 Å². The van der Waals surface area contributed by atoms with E-state index in [9.17, 15) is 9.59 Å². The first-order chi connectivity index (χ1) is 19.2. The monoisotopic (exact) mass is 544 g/mol. The first-order valence-electron chi connectivity index (χ1n) is 13.6. The number of aliphatic imine (C=N–C) groups is 1. The molecule has 0 saturated heterocycles. The van der Waals surface area contributed by atoms with Crippen LogP contribution < -0.4 is 27.8 Å². The number of aromatic nitrogens is 2. The Morgan fingerprint density at radius 1 is 0.900 bits per heavy atom. The van der Waals surface area contributed by atoms with Crippen LogP contribution in [0.2, 0.25) is 0 Å². The molecule has 9 N–H and O–H groups in total. The minimum Gasteiger partial charge on any atom is -0.370 e. The zero-order valence-electron chi connectivity index (χ0n) is 22.4. The Morgan fingerprint density at radius 2 is 1.52 bits per heavy atom. The summed E-state index contributed by atoms with van der Waals surface area (Å²) in [4.78, 5) is 32.5. The van der Waals surface area contributed by atoms with Crippen LogP contribution in [0.25, 0.3) is 5.57 Å². The zero-order valence-corrected chi connectivity index (χ0v) is 22.4. The molecule has 1 aliphatic heterocycles. The van der Waals surface area contributed by atoms with Crippen LogP contribution >= 0.6 is 0 Å². The molecule has 1 aromatic carbocycles. The van der Waals surface area contributed by atoms with Crippen LogP contribution in [0, 0.1) is 16.2 Å². The Labute approximate surface area is 233 Å². The standard InChI is InChI=1S/C28H36N10O2/c29-25(30)33-17-18-1-3-20(4-2-18)34-23(39)27-9-12-28(13-10-27,14-11-27)24(40)35-22-6-5-21(36-37-22)19-7-15-38(16-8-19)26(31)32/h1-7H,8-17H2,(H3,31,32)(H,34,39)(H4,29,30,33)(H,35,37,40). The van der Waals surface area contributed by atoms with Crippen molar-refractivity contribution in [1.82, 2.24) is 15.1 Å². The first-order valence-corrected chi connectivity index (χ1v) is 13.6. The molecule has 3 fully saturated rings. The number of hydrogen-bond donors (Lipinski definition) is 6. The van der Waals surface area contributed by atoms with Gasteiger partial charge in [0.25, 0.3) is 0 Å². The number of nitrogens with one attached hydrogen (secondary N) is 3. The summed E-state index contributed by atoms with van der Waals surface area (Å²) in [6.45, 7) is 1.62. The average Bonchev–Trinajstić information content (AvgIpc) is 2.98. The summed E-state index contributed by atoms with van der Waals surface area (Å²) >= 11 is 0. The molecule has 0 unspecified atom stereocenters. The van der Waals surface area contributed by atoms with E-state index in [1.54, 1.807) is 11.0 Å². The van der Waals surface area contributed by atoms with Crippen LogP contribution in [0.5, 0.6) is 0 Å². The number of carbonyl (C=O) groups is 2. The maximum absolute atomic E-state index is 13.4. The Hall–Kier alpha value is -4.48. The van der Waals surface area contributed by atoms with Gasteiger partial charge in [0.2, 0.25) is 11.8 Å². The molecular formula is C28H36N10O2. The van der Waals surface area contributed by atoms with E-state index in [0.717, 1.165) is 28.9 Å². The van der Waals surface area contributed by atoms with Gasteiger partial charge in [-0.05, 0) is 80.3 Å². The number of amides is 2. The van der Waals surface area contributed by atoms with Crippen LogP contribution in [0.15, 0.2) is 47.5 Å². The predicted octanol–water partition coefficient (Wildman–Crippen LogP) is 2.15. The van der Waals surface area contributed by atoms with E-state index in [1.807, 2.05) is 36.4 Å². The first kappa shape index (κ1) is 27.1. The third-order valence-electron chi connectivity index (χ3n) is 8.65. The van der Waals surface area contributed by atoms with Crippen LogP contribution in [0.3, 0.4) is 0 Å². The van der Waals surface area contributed by atoms with Gasteiger partial charge in [-0.3, -0.25) is 15.0 Å². The summed E-state index contributed by atoms with van der Waals surface area (Å²) in [6.07, 6.45) is 6.73. The lowest BCUT2D eigenvalue weighted by Gasteiger charge is -2.51. The molecule has 0 atom stereocenters. The third-order valence-corrected chi connectivity index (χ3v) is 8.65. The molecule has 12 nitrogen and oxygen atoms in total. The van der Waals surface area contributed by atoms with Gasteiger partial charge in [0, 0.05) is 29.6 Å². The highest BCUT2D eigenvalue weighted by atomic mass is 16.2. The maximum atomic E-state index is 13.4. The molecule has 0 radical (unpaired) electrons. The number of fused-ring (bicyclic) bond motifs is 3. The van der Waals surface area contributed by atoms with Crippen molar-refractivity contribution in [3.05, 3.63) is 53.7 Å². The molecule has 2 bridgehead atoms. The quantitative estimate of drug-likeness (QED) is 0.225. The van der Waals surface area contributed by atoms with Gasteiger partial charge in [-0.2, -0.15) is 0 Å². The van der Waals surface area contributed by atoms with Gasteiger partial charge in [-0.25, -0.2) is 4.99 Å². The van der Waals surface area contributed by atoms with Gasteiger partial charge >= 0.3 is 0 Å². The van der Waals surface area contributed by atoms with Gasteiger partial charge < -0.3 is 32.7 Å². The van der Waals surface area contributed by atoms with Crippen LogP contribution in [0.4, 0.5) is 11.5 Å². The molecule has 1 aromatic heterocycles. The van der Waals surface area contributed by atoms with Crippen molar-refractivity contribution in [2.75, 3.05) is 23.7 Å². The lowest BCUT2D eigenvalue weighted by atomic mass is 9.53. The van der Waals surface area contributed by atoms with Gasteiger partial charge in [-0.1, -0.05) is 18.2 Å². The average molecular weight is 545 g/mol. The minimum atomic E-state index is -0.489. The van der Waals surface area contributed by atoms with Gasteiger partial charge in [0.1, 0.15) is 0 Å². The van der Waals surface area contributed by atoms with Crippen LogP contribution in [0.1, 0.15) is 56.2 Å². The fourth-order valence-corrected chi connectivity index (χ4v) is 5.95. The van der Waals surface area contributed by atoms with E-state index in [0.29, 0.717) is 64.0 Å². The number of rotatable bonds is 7. The summed E-state index contributed by atoms with van der Waals surface area (Å²) in [7, 11) is 0. The number of nitrogens with zero attached hydrogens (tertiary/aromatic N) is 4. The third kappa shape index (κ3) is 5.61. The predicted molar refractivity (Wildman–Crippen MR) is 154 cm³/mol. The zero-order chi connectivity index (χ0) is 28.3. The van der Waals surface area contributed by atoms with Crippen molar-refractivity contribution in [3.8, 4) is 0 Å². The van der Waals surface area contributed by atoms with Crippen molar-refractivity contribution in [2.45, 2.75) is 51.5 Å². The Morgan fingerprint density at radius 3 is 2.02 bits per heavy atom. The lowest BCUT2D eigenvalue weighted by molar-refractivity contribution is -0.144. The fourth-order valence-electron chi connectivity index (χ4n) is 5.95. The molecular weight excluding hydrogens is 508 g/mol. The summed E-state index contributed by atoms with van der Waals surface area (Å²) in [6, 6.07) is 11.1. The lowest BCUT2D eigenvalue weighted by Crippen LogP contribution is -2.52. The van der Waals surface area contributed by atoms with E-state index in [4.69, 9.17) is 22.6 Å². The SMILES string of the molecule is N=C(N)N1CC=C(c2ccc(NC(=O)C34CCC(C(=O)Nc5ccc(CN=C(N)N)cc5)(CC3)CC4)nn2)CC1. The maximum Gasteiger partial charge on any atom is 0.231 e. The molecule has 0 spiro atoms. The molecule has 2 heterocycles. The molecule has 12 heteroatoms. The van der Waals surface area contributed by atoms with E-state index >= 15 is 0 Å². The second-order valence-corrected chi connectivity index (χ2v) is 11.0. The molecule has 6 rings (SSSR count). The van der Waals surface area contributed by atoms with Crippen molar-refractivity contribution < 1.29 is 9.59 Å². The normalized spacial score (nSPS) is 23.6. The second-order valence-electron chi connectivity index (χ2n) is 11.0. The molecule has 2 amide bonds. The van der Waals surface area contributed by atoms with Gasteiger partial charge in [-0.15, -0.1) is 10.2 Å². The minimum absolute atomic E-state index is 0.0167. The summed E-state index contributed by atoms with van der Waals surface area (Å²) in [5, 5.41) is 22.2. The number of benzene rings is 1. The molecule has 3 aliphatic carbocycles. The largest absolute Gasteiger partial charge is 0.370 e. The summed E-state index contributed by atoms with van der Waals surface area (Å²) in [5.41, 5.74) is 18.9. The van der Waals surface area contributed by atoms with Gasteiger partial charge in [0.05, 0.1) is 12.2 Å². The van der Waals surface area contributed by atoms with Crippen molar-refractivity contribution in [1.29, 1.82) is 5.41 Å². The smallest absolute Gasteiger partial charge is 0.231 e. The number of carbonyl (C=O) groups excluding carboxylic acids is 2. The molecule has 2 aromatic rings. The van der Waals surface area contributed by atoms with E-state index < -0.39 is 10.8 Å². The number of guanidine groups is 2. The number of nitrogens with two attached hydrogens (primary N) is 3. The molecule has 4 aliphatic rings. The van der Waals surface area contributed by atoms with Crippen LogP contribution in [-0.4, -0.2) is 51.9 Å². The van der Waals surface area contributed by atoms with E-state index in [2.05, 4.69) is 25.8 Å². The van der Waals surface area contributed by atoms with Crippen molar-refractivity contribution in [2.24, 2.45) is 33.0 Å². The molecule has 210 valence electrons. The number of anilines is 2. The Kier molecular flexibility index (Phi) is 7.42. The Balaban J connectivity index is 1.15. The molecule has 3 saturated carbocycles. The van der Waals surface area contributed by atoms with Crippen LogP contribution in [-0.2, 0) is 16.1 Å². The highest BCUT2D eigenvalue weighted by molar-refractivity contribution is 5.98. The van der Waals surface area contributed by atoms with Gasteiger partial charge in [0.15, 0.2) is 17.7 Å². The summed E-state index contributed by atoms with van der Waals surface area (Å²) < 4.78 is 0. The number of hydrogen-bond acceptors (Lipinski definition) is 6. The summed E-state index contributed by atoms with van der Waals surface area (Å²) in [5.74, 6) is 0.497. The van der Waals surface area contributed by atoms with E-state index in [-0.39, 0.29) is 23.7 Å². The Bertz CT molecular complexity index is 1320. The second kappa shape index (κ2) is 10.9. The van der Waals surface area contributed by atoms with E-state index in [1.165, 1.54) is 0 Å². The highest BCUT2D eigenvalue weighted by Crippen LogP contribution is 2.57. The fraction of sp³-hybridized carbons (Fsp3) is 0.429.